The fraction of sp³-hybridized carbons (Fsp3) is 0.583. The fourth-order valence-electron chi connectivity index (χ4n) is 1.87. The zero-order chi connectivity index (χ0) is 13.1. The number of carbonyl (C=O) groups is 1. The lowest BCUT2D eigenvalue weighted by Crippen LogP contribution is -2.49. The highest BCUT2D eigenvalue weighted by atomic mass is 16.5. The molecule has 2 heterocycles. The molecule has 1 N–H and O–H groups in total. The van der Waals surface area contributed by atoms with E-state index in [1.54, 1.807) is 13.8 Å². The maximum absolute atomic E-state index is 11.6. The summed E-state index contributed by atoms with van der Waals surface area (Å²) in [5, 5.41) is 8.95. The van der Waals surface area contributed by atoms with E-state index >= 15 is 0 Å². The second-order valence-corrected chi connectivity index (χ2v) is 4.34. The number of nitrogens with zero attached hydrogens (tertiary/aromatic N) is 3. The van der Waals surface area contributed by atoms with Gasteiger partial charge in [-0.3, -0.25) is 0 Å². The molecule has 2 rings (SSSR count). The summed E-state index contributed by atoms with van der Waals surface area (Å²) in [6, 6.07) is 0. The summed E-state index contributed by atoms with van der Waals surface area (Å²) in [6.07, 6.45) is 1.50. The molecule has 98 valence electrons. The number of aliphatic hydroxyl groups is 1. The summed E-state index contributed by atoms with van der Waals surface area (Å²) in [5.41, 5.74) is 1.02. The van der Waals surface area contributed by atoms with Crippen molar-refractivity contribution in [2.75, 3.05) is 31.2 Å². The Bertz CT molecular complexity index is 444. The number of carbonyl (C=O) groups excluding carboxylic acids is 1. The Hall–Kier alpha value is -1.69. The van der Waals surface area contributed by atoms with Gasteiger partial charge in [-0.05, 0) is 13.8 Å². The van der Waals surface area contributed by atoms with Crippen LogP contribution in [-0.4, -0.2) is 47.3 Å². The van der Waals surface area contributed by atoms with Gasteiger partial charge in [-0.1, -0.05) is 0 Å². The van der Waals surface area contributed by atoms with Crippen molar-refractivity contribution in [2.45, 2.75) is 13.8 Å². The number of esters is 1. The zero-order valence-electron chi connectivity index (χ0n) is 10.6. The summed E-state index contributed by atoms with van der Waals surface area (Å²) in [5.74, 6) is 0.516. The summed E-state index contributed by atoms with van der Waals surface area (Å²) in [4.78, 5) is 22.0. The first-order valence-corrected chi connectivity index (χ1v) is 6.02. The largest absolute Gasteiger partial charge is 0.462 e. The van der Waals surface area contributed by atoms with Crippen LogP contribution in [0.2, 0.25) is 0 Å². The van der Waals surface area contributed by atoms with Gasteiger partial charge in [0.1, 0.15) is 0 Å². The first-order chi connectivity index (χ1) is 8.65. The number of aromatic nitrogens is 2. The third-order valence-corrected chi connectivity index (χ3v) is 2.96. The Morgan fingerprint density at radius 3 is 2.89 bits per heavy atom. The number of aliphatic hydroxyl groups excluding tert-OH is 1. The van der Waals surface area contributed by atoms with Crippen LogP contribution in [0.4, 0.5) is 5.95 Å². The van der Waals surface area contributed by atoms with Crippen molar-refractivity contribution in [3.63, 3.8) is 0 Å². The molecule has 0 unspecified atom stereocenters. The minimum absolute atomic E-state index is 0.191. The lowest BCUT2D eigenvalue weighted by molar-refractivity contribution is 0.0524. The predicted molar refractivity (Wildman–Crippen MR) is 65.5 cm³/mol. The number of aryl methyl sites for hydroxylation is 1. The molecule has 0 saturated carbocycles. The molecule has 6 nitrogen and oxygen atoms in total. The van der Waals surface area contributed by atoms with E-state index in [0.717, 1.165) is 13.1 Å². The van der Waals surface area contributed by atoms with Crippen molar-refractivity contribution in [3.8, 4) is 0 Å². The van der Waals surface area contributed by atoms with Crippen molar-refractivity contribution in [1.82, 2.24) is 9.97 Å². The van der Waals surface area contributed by atoms with Gasteiger partial charge in [0.15, 0.2) is 0 Å². The molecular weight excluding hydrogens is 234 g/mol. The molecule has 0 spiro atoms. The number of hydrogen-bond donors (Lipinski definition) is 1. The van der Waals surface area contributed by atoms with Crippen LogP contribution in [0.25, 0.3) is 0 Å². The second kappa shape index (κ2) is 5.30. The van der Waals surface area contributed by atoms with E-state index in [4.69, 9.17) is 9.84 Å². The normalized spacial score (nSPS) is 15.4. The van der Waals surface area contributed by atoms with Crippen molar-refractivity contribution < 1.29 is 14.6 Å². The maximum Gasteiger partial charge on any atom is 0.341 e. The molecule has 1 aromatic rings. The van der Waals surface area contributed by atoms with Crippen LogP contribution in [-0.2, 0) is 4.74 Å². The Kier molecular flexibility index (Phi) is 3.76. The van der Waals surface area contributed by atoms with Gasteiger partial charge in [-0.15, -0.1) is 0 Å². The van der Waals surface area contributed by atoms with Gasteiger partial charge in [0, 0.05) is 31.8 Å². The molecular formula is C12H17N3O3. The standard InChI is InChI=1S/C12H17N3O3/c1-3-18-11(17)10-4-13-12(14-8(10)2)15-5-9(6-15)7-16/h4,9,16H,3,5-7H2,1-2H3. The van der Waals surface area contributed by atoms with Crippen LogP contribution in [0.3, 0.4) is 0 Å². The van der Waals surface area contributed by atoms with E-state index in [0.29, 0.717) is 29.7 Å². The molecule has 18 heavy (non-hydrogen) atoms. The van der Waals surface area contributed by atoms with Gasteiger partial charge in [0.25, 0.3) is 0 Å². The quantitative estimate of drug-likeness (QED) is 0.780. The highest BCUT2D eigenvalue weighted by Gasteiger charge is 2.28. The molecule has 6 heteroatoms. The Balaban J connectivity index is 2.08. The third kappa shape index (κ3) is 2.43. The SMILES string of the molecule is CCOC(=O)c1cnc(N2CC(CO)C2)nc1C. The highest BCUT2D eigenvalue weighted by Crippen LogP contribution is 2.21. The number of hydrogen-bond acceptors (Lipinski definition) is 6. The van der Waals surface area contributed by atoms with Gasteiger partial charge in [0.2, 0.25) is 5.95 Å². The third-order valence-electron chi connectivity index (χ3n) is 2.96. The number of rotatable bonds is 4. The molecule has 0 aromatic carbocycles. The lowest BCUT2D eigenvalue weighted by atomic mass is 10.0. The molecule has 1 aliphatic heterocycles. The van der Waals surface area contributed by atoms with E-state index in [1.807, 2.05) is 4.90 Å². The van der Waals surface area contributed by atoms with Gasteiger partial charge < -0.3 is 14.7 Å². The smallest absolute Gasteiger partial charge is 0.341 e. The summed E-state index contributed by atoms with van der Waals surface area (Å²) in [6.45, 7) is 5.57. The first kappa shape index (κ1) is 12.8. The van der Waals surface area contributed by atoms with Gasteiger partial charge in [-0.25, -0.2) is 14.8 Å². The van der Waals surface area contributed by atoms with E-state index in [2.05, 4.69) is 9.97 Å². The molecule has 0 bridgehead atoms. The van der Waals surface area contributed by atoms with Crippen LogP contribution in [0, 0.1) is 12.8 Å². The van der Waals surface area contributed by atoms with Gasteiger partial charge in [-0.2, -0.15) is 0 Å². The second-order valence-electron chi connectivity index (χ2n) is 4.34. The van der Waals surface area contributed by atoms with Crippen LogP contribution in [0.5, 0.6) is 0 Å². The Morgan fingerprint density at radius 1 is 1.61 bits per heavy atom. The minimum Gasteiger partial charge on any atom is -0.462 e. The topological polar surface area (TPSA) is 75.5 Å². The summed E-state index contributed by atoms with van der Waals surface area (Å²) in [7, 11) is 0. The number of ether oxygens (including phenoxy) is 1. The van der Waals surface area contributed by atoms with Gasteiger partial charge >= 0.3 is 5.97 Å². The van der Waals surface area contributed by atoms with Crippen molar-refractivity contribution in [1.29, 1.82) is 0 Å². The first-order valence-electron chi connectivity index (χ1n) is 6.02. The number of anilines is 1. The van der Waals surface area contributed by atoms with Gasteiger partial charge in [0.05, 0.1) is 17.9 Å². The highest BCUT2D eigenvalue weighted by molar-refractivity contribution is 5.90. The molecule has 0 atom stereocenters. The molecule has 0 amide bonds. The average Bonchev–Trinajstić information content (AvgIpc) is 2.28. The van der Waals surface area contributed by atoms with Crippen LogP contribution in [0.1, 0.15) is 23.0 Å². The molecule has 1 aliphatic rings. The van der Waals surface area contributed by atoms with Crippen LogP contribution < -0.4 is 4.90 Å². The molecule has 1 aromatic heterocycles. The fourth-order valence-corrected chi connectivity index (χ4v) is 1.87. The van der Waals surface area contributed by atoms with E-state index in [9.17, 15) is 4.79 Å². The van der Waals surface area contributed by atoms with E-state index < -0.39 is 5.97 Å². The van der Waals surface area contributed by atoms with E-state index in [-0.39, 0.29) is 6.61 Å². The Morgan fingerprint density at radius 2 is 2.33 bits per heavy atom. The monoisotopic (exact) mass is 251 g/mol. The maximum atomic E-state index is 11.6. The molecule has 1 saturated heterocycles. The average molecular weight is 251 g/mol. The Labute approximate surface area is 106 Å². The van der Waals surface area contributed by atoms with Crippen LogP contribution in [0.15, 0.2) is 6.20 Å². The molecule has 0 aliphatic carbocycles. The van der Waals surface area contributed by atoms with Crippen molar-refractivity contribution in [2.24, 2.45) is 5.92 Å². The van der Waals surface area contributed by atoms with E-state index in [1.165, 1.54) is 6.20 Å². The zero-order valence-corrected chi connectivity index (χ0v) is 10.6. The molecule has 0 radical (unpaired) electrons. The predicted octanol–water partition coefficient (Wildman–Crippen LogP) is 0.390. The van der Waals surface area contributed by atoms with Crippen molar-refractivity contribution >= 4 is 11.9 Å². The van der Waals surface area contributed by atoms with Crippen LogP contribution >= 0.6 is 0 Å². The molecule has 1 fully saturated rings. The lowest BCUT2D eigenvalue weighted by Gasteiger charge is -2.38. The summed E-state index contributed by atoms with van der Waals surface area (Å²) < 4.78 is 4.92. The summed E-state index contributed by atoms with van der Waals surface area (Å²) >= 11 is 0. The van der Waals surface area contributed by atoms with Crippen molar-refractivity contribution in [3.05, 3.63) is 17.5 Å². The minimum atomic E-state index is -0.390.